The van der Waals surface area contributed by atoms with Gasteiger partial charge in [-0.05, 0) is 37.0 Å². The minimum atomic E-state index is -0.216. The number of aryl methyl sites for hydroxylation is 1. The molecule has 106 valence electrons. The van der Waals surface area contributed by atoms with Crippen molar-refractivity contribution in [3.8, 4) is 5.75 Å². The van der Waals surface area contributed by atoms with Crippen molar-refractivity contribution in [3.63, 3.8) is 0 Å². The molecule has 1 rings (SSSR count). The van der Waals surface area contributed by atoms with E-state index >= 15 is 0 Å². The highest BCUT2D eigenvalue weighted by Crippen LogP contribution is 2.33. The third kappa shape index (κ3) is 3.96. The first kappa shape index (κ1) is 15.5. The summed E-state index contributed by atoms with van der Waals surface area (Å²) >= 11 is 0. The minimum absolute atomic E-state index is 0.0794. The SMILES string of the molecule is Cc1cc(C(=O)NCC(C)N)cc(C(C)(C)C)c1O. The highest BCUT2D eigenvalue weighted by molar-refractivity contribution is 5.95. The van der Waals surface area contributed by atoms with Crippen molar-refractivity contribution in [1.29, 1.82) is 0 Å². The van der Waals surface area contributed by atoms with Gasteiger partial charge in [-0.3, -0.25) is 4.79 Å². The number of hydrogen-bond donors (Lipinski definition) is 3. The fraction of sp³-hybridized carbons (Fsp3) is 0.533. The van der Waals surface area contributed by atoms with Gasteiger partial charge in [0.2, 0.25) is 0 Å². The summed E-state index contributed by atoms with van der Waals surface area (Å²) in [7, 11) is 0. The maximum absolute atomic E-state index is 12.0. The van der Waals surface area contributed by atoms with Crippen LogP contribution in [0.15, 0.2) is 12.1 Å². The van der Waals surface area contributed by atoms with Crippen LogP contribution in [0.2, 0.25) is 0 Å². The van der Waals surface area contributed by atoms with Crippen LogP contribution in [0, 0.1) is 6.92 Å². The lowest BCUT2D eigenvalue weighted by atomic mass is 9.84. The molecule has 1 aromatic carbocycles. The van der Waals surface area contributed by atoms with E-state index in [2.05, 4.69) is 5.32 Å². The standard InChI is InChI=1S/C15H24N2O2/c1-9-6-11(14(19)17-8-10(2)16)7-12(13(9)18)15(3,4)5/h6-7,10,18H,8,16H2,1-5H3,(H,17,19). The summed E-state index contributed by atoms with van der Waals surface area (Å²) in [6.07, 6.45) is 0. The summed E-state index contributed by atoms with van der Waals surface area (Å²) in [5, 5.41) is 12.9. The molecule has 0 spiro atoms. The van der Waals surface area contributed by atoms with Gasteiger partial charge in [-0.2, -0.15) is 0 Å². The van der Waals surface area contributed by atoms with E-state index in [1.54, 1.807) is 19.1 Å². The van der Waals surface area contributed by atoms with Gasteiger partial charge in [-0.1, -0.05) is 20.8 Å². The number of hydrogen-bond acceptors (Lipinski definition) is 3. The molecule has 4 N–H and O–H groups in total. The molecule has 0 heterocycles. The van der Waals surface area contributed by atoms with Crippen LogP contribution < -0.4 is 11.1 Å². The van der Waals surface area contributed by atoms with Crippen molar-refractivity contribution >= 4 is 5.91 Å². The van der Waals surface area contributed by atoms with Crippen LogP contribution in [0.5, 0.6) is 5.75 Å². The number of carbonyl (C=O) groups is 1. The van der Waals surface area contributed by atoms with E-state index in [0.717, 1.165) is 5.56 Å². The second kappa shape index (κ2) is 5.61. The van der Waals surface area contributed by atoms with Gasteiger partial charge in [0.15, 0.2) is 0 Å². The second-order valence-corrected chi connectivity index (χ2v) is 6.13. The third-order valence-corrected chi connectivity index (χ3v) is 2.96. The molecule has 19 heavy (non-hydrogen) atoms. The predicted molar refractivity (Wildman–Crippen MR) is 77.5 cm³/mol. The van der Waals surface area contributed by atoms with Crippen molar-refractivity contribution in [1.82, 2.24) is 5.32 Å². The fourth-order valence-electron chi connectivity index (χ4n) is 1.84. The van der Waals surface area contributed by atoms with Crippen LogP contribution in [0.1, 0.15) is 49.2 Å². The first-order valence-corrected chi connectivity index (χ1v) is 6.50. The normalized spacial score (nSPS) is 13.2. The Morgan fingerprint density at radius 3 is 2.47 bits per heavy atom. The number of aromatic hydroxyl groups is 1. The van der Waals surface area contributed by atoms with Crippen LogP contribution in [-0.2, 0) is 5.41 Å². The molecule has 1 atom stereocenters. The van der Waals surface area contributed by atoms with Gasteiger partial charge in [-0.25, -0.2) is 0 Å². The van der Waals surface area contributed by atoms with Crippen LogP contribution in [-0.4, -0.2) is 23.6 Å². The largest absolute Gasteiger partial charge is 0.507 e. The fourth-order valence-corrected chi connectivity index (χ4v) is 1.84. The van der Waals surface area contributed by atoms with Crippen LogP contribution >= 0.6 is 0 Å². The first-order chi connectivity index (χ1) is 8.62. The van der Waals surface area contributed by atoms with Gasteiger partial charge in [0.25, 0.3) is 5.91 Å². The maximum Gasteiger partial charge on any atom is 0.251 e. The molecule has 4 nitrogen and oxygen atoms in total. The van der Waals surface area contributed by atoms with E-state index in [0.29, 0.717) is 17.7 Å². The van der Waals surface area contributed by atoms with Crippen molar-refractivity contribution < 1.29 is 9.90 Å². The molecule has 0 aliphatic rings. The summed E-state index contributed by atoms with van der Waals surface area (Å²) < 4.78 is 0. The molecule has 0 fully saturated rings. The first-order valence-electron chi connectivity index (χ1n) is 6.50. The van der Waals surface area contributed by atoms with E-state index in [9.17, 15) is 9.90 Å². The van der Waals surface area contributed by atoms with Gasteiger partial charge >= 0.3 is 0 Å². The lowest BCUT2D eigenvalue weighted by molar-refractivity contribution is 0.0951. The number of phenolic OH excluding ortho intramolecular Hbond substituents is 1. The highest BCUT2D eigenvalue weighted by Gasteiger charge is 2.21. The van der Waals surface area contributed by atoms with Gasteiger partial charge in [0.1, 0.15) is 5.75 Å². The topological polar surface area (TPSA) is 75.4 Å². The third-order valence-electron chi connectivity index (χ3n) is 2.96. The molecule has 1 amide bonds. The van der Waals surface area contributed by atoms with Gasteiger partial charge in [-0.15, -0.1) is 0 Å². The Hall–Kier alpha value is -1.55. The van der Waals surface area contributed by atoms with E-state index in [1.165, 1.54) is 0 Å². The molecule has 0 aliphatic heterocycles. The Morgan fingerprint density at radius 2 is 2.00 bits per heavy atom. The van der Waals surface area contributed by atoms with Gasteiger partial charge in [0.05, 0.1) is 0 Å². The average molecular weight is 264 g/mol. The van der Waals surface area contributed by atoms with Crippen LogP contribution in [0.25, 0.3) is 0 Å². The lowest BCUT2D eigenvalue weighted by Gasteiger charge is -2.22. The monoisotopic (exact) mass is 264 g/mol. The Bertz CT molecular complexity index is 474. The van der Waals surface area contributed by atoms with E-state index < -0.39 is 0 Å². The van der Waals surface area contributed by atoms with Gasteiger partial charge < -0.3 is 16.2 Å². The Labute approximate surface area is 115 Å². The molecule has 0 radical (unpaired) electrons. The molecule has 0 aliphatic carbocycles. The lowest BCUT2D eigenvalue weighted by Crippen LogP contribution is -2.35. The van der Waals surface area contributed by atoms with E-state index in [4.69, 9.17) is 5.73 Å². The summed E-state index contributed by atoms with van der Waals surface area (Å²) in [5.41, 5.74) is 7.44. The molecule has 1 unspecified atom stereocenters. The number of benzene rings is 1. The predicted octanol–water partition coefficient (Wildman–Crippen LogP) is 2.08. The number of phenols is 1. The number of nitrogens with one attached hydrogen (secondary N) is 1. The zero-order valence-electron chi connectivity index (χ0n) is 12.4. The molecule has 0 saturated heterocycles. The smallest absolute Gasteiger partial charge is 0.251 e. The zero-order chi connectivity index (χ0) is 14.8. The number of carbonyl (C=O) groups excluding carboxylic acids is 1. The quantitative estimate of drug-likeness (QED) is 0.782. The molecule has 0 bridgehead atoms. The maximum atomic E-state index is 12.0. The molecular formula is C15H24N2O2. The average Bonchev–Trinajstić information content (AvgIpc) is 2.27. The Balaban J connectivity index is 3.10. The van der Waals surface area contributed by atoms with E-state index in [1.807, 2.05) is 27.7 Å². The van der Waals surface area contributed by atoms with Crippen LogP contribution in [0.4, 0.5) is 0 Å². The van der Waals surface area contributed by atoms with Crippen molar-refractivity contribution in [2.24, 2.45) is 5.73 Å². The molecule has 0 saturated carbocycles. The van der Waals surface area contributed by atoms with Crippen LogP contribution in [0.3, 0.4) is 0 Å². The van der Waals surface area contributed by atoms with Crippen molar-refractivity contribution in [2.75, 3.05) is 6.54 Å². The highest BCUT2D eigenvalue weighted by atomic mass is 16.3. The Kier molecular flexibility index (Phi) is 4.58. The van der Waals surface area contributed by atoms with E-state index in [-0.39, 0.29) is 23.1 Å². The second-order valence-electron chi connectivity index (χ2n) is 6.13. The Morgan fingerprint density at radius 1 is 1.42 bits per heavy atom. The summed E-state index contributed by atoms with van der Waals surface area (Å²) in [6, 6.07) is 3.36. The number of rotatable bonds is 3. The van der Waals surface area contributed by atoms with Crippen molar-refractivity contribution in [2.45, 2.75) is 46.1 Å². The molecule has 1 aromatic rings. The number of amides is 1. The molecule has 4 heteroatoms. The molecular weight excluding hydrogens is 240 g/mol. The summed E-state index contributed by atoms with van der Waals surface area (Å²) in [5.74, 6) is 0.0992. The van der Waals surface area contributed by atoms with Crippen molar-refractivity contribution in [3.05, 3.63) is 28.8 Å². The molecule has 0 aromatic heterocycles. The summed E-state index contributed by atoms with van der Waals surface area (Å²) in [6.45, 7) is 10.1. The number of nitrogens with two attached hydrogens (primary N) is 1. The zero-order valence-corrected chi connectivity index (χ0v) is 12.4. The van der Waals surface area contributed by atoms with Gasteiger partial charge in [0, 0.05) is 23.7 Å². The summed E-state index contributed by atoms with van der Waals surface area (Å²) in [4.78, 5) is 12.0. The minimum Gasteiger partial charge on any atom is -0.507 e.